The average molecular weight is 478 g/mol. The standard InChI is InChI=1S/C25H31N7O2.CH4/c1-15-7-16(2)9-19(8-15)28-24-27-11-18-12-31(13-21(18)29-24)20-5-6-32(17(3)10-20)23(33)22-14-34-25(26-4)30-22;/h7-9,11,14,17,20H,5-6,10,12-13H2,1-4H3,(H,26,30)(H,27,28,29);1H4/t17-,20-;/m1./s1. The zero-order valence-corrected chi connectivity index (χ0v) is 20.1. The van der Waals surface area contributed by atoms with Gasteiger partial charge in [0.1, 0.15) is 6.26 Å². The molecule has 0 spiro atoms. The Bertz CT molecular complexity index is 1190. The first-order valence-corrected chi connectivity index (χ1v) is 11.8. The fraction of sp³-hybridized carbons (Fsp3) is 0.462. The van der Waals surface area contributed by atoms with E-state index in [0.717, 1.165) is 37.3 Å². The van der Waals surface area contributed by atoms with Gasteiger partial charge in [0, 0.05) is 56.2 Å². The lowest BCUT2D eigenvalue weighted by Gasteiger charge is -2.40. The number of hydrogen-bond acceptors (Lipinski definition) is 8. The molecule has 2 aliphatic rings. The third-order valence-corrected chi connectivity index (χ3v) is 6.72. The Hall–Kier alpha value is -3.46. The molecule has 0 bridgehead atoms. The minimum Gasteiger partial charge on any atom is -0.431 e. The quantitative estimate of drug-likeness (QED) is 0.554. The van der Waals surface area contributed by atoms with Gasteiger partial charge in [-0.25, -0.2) is 9.97 Å². The molecule has 9 nitrogen and oxygen atoms in total. The number of aromatic nitrogens is 3. The van der Waals surface area contributed by atoms with Gasteiger partial charge in [0.15, 0.2) is 5.69 Å². The van der Waals surface area contributed by atoms with Crippen molar-refractivity contribution in [3.63, 3.8) is 0 Å². The van der Waals surface area contributed by atoms with Crippen LogP contribution >= 0.6 is 0 Å². The maximum Gasteiger partial charge on any atom is 0.294 e. The number of carbonyl (C=O) groups excluding carboxylic acids is 1. The average Bonchev–Trinajstić information content (AvgIpc) is 3.45. The van der Waals surface area contributed by atoms with Crippen LogP contribution in [-0.2, 0) is 13.1 Å². The number of nitrogens with one attached hydrogen (secondary N) is 2. The van der Waals surface area contributed by atoms with Gasteiger partial charge in [-0.1, -0.05) is 13.5 Å². The third-order valence-electron chi connectivity index (χ3n) is 6.72. The second-order valence-electron chi connectivity index (χ2n) is 9.39. The lowest BCUT2D eigenvalue weighted by Crippen LogP contribution is -2.50. The Labute approximate surface area is 207 Å². The molecule has 0 unspecified atom stereocenters. The molecule has 3 aromatic rings. The Morgan fingerprint density at radius 2 is 1.91 bits per heavy atom. The van der Waals surface area contributed by atoms with E-state index < -0.39 is 0 Å². The van der Waals surface area contributed by atoms with Crippen molar-refractivity contribution in [1.82, 2.24) is 24.8 Å². The molecule has 2 aliphatic heterocycles. The van der Waals surface area contributed by atoms with Gasteiger partial charge in [0.2, 0.25) is 5.95 Å². The highest BCUT2D eigenvalue weighted by molar-refractivity contribution is 5.92. The summed E-state index contributed by atoms with van der Waals surface area (Å²) in [5.41, 5.74) is 6.03. The fourth-order valence-electron chi connectivity index (χ4n) is 5.09. The Balaban J connectivity index is 0.00000289. The largest absolute Gasteiger partial charge is 0.431 e. The summed E-state index contributed by atoms with van der Waals surface area (Å²) in [6.07, 6.45) is 5.20. The molecule has 2 atom stereocenters. The summed E-state index contributed by atoms with van der Waals surface area (Å²) in [6.45, 7) is 8.64. The number of nitrogens with zero attached hydrogens (tertiary/aromatic N) is 5. The van der Waals surface area contributed by atoms with Crippen LogP contribution in [0.15, 0.2) is 35.1 Å². The Morgan fingerprint density at radius 3 is 2.60 bits per heavy atom. The molecule has 0 saturated carbocycles. The maximum absolute atomic E-state index is 12.9. The smallest absolute Gasteiger partial charge is 0.294 e. The first-order chi connectivity index (χ1) is 16.4. The fourth-order valence-corrected chi connectivity index (χ4v) is 5.09. The summed E-state index contributed by atoms with van der Waals surface area (Å²) in [6, 6.07) is 7.23. The van der Waals surface area contributed by atoms with Crippen LogP contribution in [0.4, 0.5) is 17.7 Å². The van der Waals surface area contributed by atoms with Crippen molar-refractivity contribution < 1.29 is 9.21 Å². The van der Waals surface area contributed by atoms with E-state index in [1.165, 1.54) is 23.0 Å². The molecule has 4 heterocycles. The van der Waals surface area contributed by atoms with Gasteiger partial charge >= 0.3 is 0 Å². The van der Waals surface area contributed by atoms with Crippen LogP contribution in [0.3, 0.4) is 0 Å². The van der Waals surface area contributed by atoms with Gasteiger partial charge in [0.25, 0.3) is 11.9 Å². The minimum absolute atomic E-state index is 0. The van der Waals surface area contributed by atoms with Crippen molar-refractivity contribution >= 4 is 23.6 Å². The van der Waals surface area contributed by atoms with Crippen LogP contribution in [0, 0.1) is 13.8 Å². The molecule has 5 rings (SSSR count). The molecule has 2 N–H and O–H groups in total. The first kappa shape index (κ1) is 24.7. The second-order valence-corrected chi connectivity index (χ2v) is 9.39. The summed E-state index contributed by atoms with van der Waals surface area (Å²) in [4.78, 5) is 30.9. The molecular formula is C26H35N7O2. The van der Waals surface area contributed by atoms with Gasteiger partial charge in [-0.05, 0) is 56.9 Å². The van der Waals surface area contributed by atoms with Crippen molar-refractivity contribution in [2.45, 2.75) is 66.2 Å². The van der Waals surface area contributed by atoms with E-state index >= 15 is 0 Å². The molecule has 1 fully saturated rings. The number of anilines is 3. The predicted molar refractivity (Wildman–Crippen MR) is 137 cm³/mol. The number of carbonyl (C=O) groups is 1. The third kappa shape index (κ3) is 5.14. The molecule has 0 radical (unpaired) electrons. The van der Waals surface area contributed by atoms with E-state index in [2.05, 4.69) is 64.5 Å². The van der Waals surface area contributed by atoms with Gasteiger partial charge in [-0.3, -0.25) is 9.69 Å². The zero-order valence-electron chi connectivity index (χ0n) is 20.1. The minimum atomic E-state index is -0.0751. The number of oxazole rings is 1. The van der Waals surface area contributed by atoms with Crippen LogP contribution in [0.5, 0.6) is 0 Å². The van der Waals surface area contributed by atoms with E-state index in [-0.39, 0.29) is 19.4 Å². The number of amides is 1. The predicted octanol–water partition coefficient (Wildman–Crippen LogP) is 4.51. The summed E-state index contributed by atoms with van der Waals surface area (Å²) in [5, 5.41) is 6.17. The molecule has 186 valence electrons. The van der Waals surface area contributed by atoms with Crippen molar-refractivity contribution in [1.29, 1.82) is 0 Å². The lowest BCUT2D eigenvalue weighted by atomic mass is 9.96. The highest BCUT2D eigenvalue weighted by atomic mass is 16.4. The van der Waals surface area contributed by atoms with Crippen LogP contribution in [0.2, 0.25) is 0 Å². The van der Waals surface area contributed by atoms with Crippen molar-refractivity contribution in [3.05, 3.63) is 58.7 Å². The molecule has 1 amide bonds. The number of benzene rings is 1. The second kappa shape index (κ2) is 10.0. The number of piperidine rings is 1. The molecular weight excluding hydrogens is 442 g/mol. The Kier molecular flexibility index (Phi) is 7.07. The van der Waals surface area contributed by atoms with Crippen molar-refractivity contribution in [2.24, 2.45) is 0 Å². The van der Waals surface area contributed by atoms with Crippen molar-refractivity contribution in [3.8, 4) is 0 Å². The van der Waals surface area contributed by atoms with E-state index in [9.17, 15) is 4.79 Å². The van der Waals surface area contributed by atoms with Gasteiger partial charge in [-0.15, -0.1) is 0 Å². The molecule has 2 aromatic heterocycles. The highest BCUT2D eigenvalue weighted by Gasteiger charge is 2.35. The molecule has 35 heavy (non-hydrogen) atoms. The van der Waals surface area contributed by atoms with Gasteiger partial charge in [0.05, 0.1) is 5.69 Å². The van der Waals surface area contributed by atoms with Crippen LogP contribution < -0.4 is 10.6 Å². The summed E-state index contributed by atoms with van der Waals surface area (Å²) in [7, 11) is 1.72. The lowest BCUT2D eigenvalue weighted by molar-refractivity contribution is 0.0455. The highest BCUT2D eigenvalue weighted by Crippen LogP contribution is 2.31. The number of hydrogen-bond donors (Lipinski definition) is 2. The summed E-state index contributed by atoms with van der Waals surface area (Å²) >= 11 is 0. The van der Waals surface area contributed by atoms with Crippen LogP contribution in [-0.4, -0.2) is 56.3 Å². The SMILES string of the molecule is C.CNc1nc(C(=O)N2CC[C@@H](N3Cc4cnc(Nc5cc(C)cc(C)c5)nc4C3)C[C@H]2C)co1. The molecule has 9 heteroatoms. The first-order valence-electron chi connectivity index (χ1n) is 11.8. The van der Waals surface area contributed by atoms with Crippen LogP contribution in [0.1, 0.15) is 60.1 Å². The van der Waals surface area contributed by atoms with E-state index in [1.807, 2.05) is 11.1 Å². The van der Waals surface area contributed by atoms with Gasteiger partial charge in [-0.2, -0.15) is 4.98 Å². The number of fused-ring (bicyclic) bond motifs is 1. The molecule has 1 saturated heterocycles. The maximum atomic E-state index is 12.9. The topological polar surface area (TPSA) is 99.4 Å². The monoisotopic (exact) mass is 477 g/mol. The summed E-state index contributed by atoms with van der Waals surface area (Å²) in [5.74, 6) is 0.557. The van der Waals surface area contributed by atoms with E-state index in [0.29, 0.717) is 30.2 Å². The summed E-state index contributed by atoms with van der Waals surface area (Å²) < 4.78 is 5.26. The molecule has 0 aliphatic carbocycles. The normalized spacial score (nSPS) is 19.7. The Morgan fingerprint density at radius 1 is 1.14 bits per heavy atom. The van der Waals surface area contributed by atoms with E-state index in [1.54, 1.807) is 7.05 Å². The van der Waals surface area contributed by atoms with Gasteiger partial charge < -0.3 is 20.0 Å². The van der Waals surface area contributed by atoms with Crippen molar-refractivity contribution in [2.75, 3.05) is 24.2 Å². The zero-order chi connectivity index (χ0) is 23.8. The van der Waals surface area contributed by atoms with E-state index in [4.69, 9.17) is 9.40 Å². The van der Waals surface area contributed by atoms with Crippen LogP contribution in [0.25, 0.3) is 0 Å². The number of aryl methyl sites for hydroxylation is 2. The number of rotatable bonds is 5. The molecule has 1 aromatic carbocycles. The number of likely N-dealkylation sites (tertiary alicyclic amines) is 1.